The first-order valence-corrected chi connectivity index (χ1v) is 20.6. The van der Waals surface area contributed by atoms with Crippen LogP contribution in [0.4, 0.5) is 20.2 Å². The molecule has 4 fully saturated rings. The summed E-state index contributed by atoms with van der Waals surface area (Å²) in [5, 5.41) is 5.41. The number of carbonyl (C=O) groups is 3. The molecular weight excluding hydrogens is 759 g/mol. The number of aryl methyl sites for hydroxylation is 1. The van der Waals surface area contributed by atoms with Gasteiger partial charge in [0.1, 0.15) is 6.04 Å². The molecule has 1 aliphatic carbocycles. The summed E-state index contributed by atoms with van der Waals surface area (Å²) in [4.78, 5) is 69.5. The molecule has 5 aromatic rings. The van der Waals surface area contributed by atoms with Gasteiger partial charge in [0.15, 0.2) is 5.82 Å². The van der Waals surface area contributed by atoms with Crippen LogP contribution < -0.4 is 26.1 Å². The average Bonchev–Trinajstić information content (AvgIpc) is 3.98. The molecule has 3 amide bonds. The number of carbonyl (C=O) groups excluding carboxylic acids is 3. The van der Waals surface area contributed by atoms with Gasteiger partial charge in [-0.05, 0) is 74.2 Å². The number of anilines is 2. The molecule has 14 nitrogen and oxygen atoms in total. The van der Waals surface area contributed by atoms with E-state index in [1.165, 1.54) is 9.13 Å². The van der Waals surface area contributed by atoms with Crippen molar-refractivity contribution in [1.29, 1.82) is 0 Å². The Morgan fingerprint density at radius 2 is 1.66 bits per heavy atom. The number of benzene rings is 2. The molecule has 4 aliphatic heterocycles. The number of rotatable bonds is 6. The largest absolute Gasteiger partial charge is 0.369 e. The second kappa shape index (κ2) is 14.1. The van der Waals surface area contributed by atoms with Crippen LogP contribution in [-0.4, -0.2) is 104 Å². The molecule has 1 unspecified atom stereocenters. The van der Waals surface area contributed by atoms with E-state index in [0.717, 1.165) is 54.0 Å². The first-order valence-electron chi connectivity index (χ1n) is 20.6. The molecule has 1 spiro atoms. The van der Waals surface area contributed by atoms with Crippen molar-refractivity contribution in [2.45, 2.75) is 68.4 Å². The van der Waals surface area contributed by atoms with E-state index < -0.39 is 36.1 Å². The van der Waals surface area contributed by atoms with Gasteiger partial charge in [-0.2, -0.15) is 0 Å². The molecule has 3 aromatic heterocycles. The van der Waals surface area contributed by atoms with Gasteiger partial charge < -0.3 is 20.1 Å². The number of alkyl halides is 2. The molecule has 2 atom stereocenters. The predicted molar refractivity (Wildman–Crippen MR) is 218 cm³/mol. The van der Waals surface area contributed by atoms with E-state index in [4.69, 9.17) is 4.98 Å². The van der Waals surface area contributed by atoms with Crippen molar-refractivity contribution in [2.24, 2.45) is 7.05 Å². The zero-order valence-corrected chi connectivity index (χ0v) is 32.8. The minimum atomic E-state index is -3.02. The Morgan fingerprint density at radius 3 is 2.41 bits per heavy atom. The molecule has 3 N–H and O–H groups in total. The zero-order valence-electron chi connectivity index (χ0n) is 32.8. The summed E-state index contributed by atoms with van der Waals surface area (Å²) in [6.07, 6.45) is 6.71. The van der Waals surface area contributed by atoms with E-state index >= 15 is 8.78 Å². The Morgan fingerprint density at radius 1 is 0.881 bits per heavy atom. The first kappa shape index (κ1) is 37.4. The van der Waals surface area contributed by atoms with Crippen LogP contribution in [-0.2, 0) is 22.1 Å². The smallest absolute Gasteiger partial charge is 0.329 e. The van der Waals surface area contributed by atoms with E-state index in [9.17, 15) is 19.2 Å². The third-order valence-electron chi connectivity index (χ3n) is 13.4. The molecule has 5 aliphatic rings. The van der Waals surface area contributed by atoms with Gasteiger partial charge in [-0.3, -0.25) is 33.7 Å². The topological polar surface area (TPSA) is 153 Å². The third-order valence-corrected chi connectivity index (χ3v) is 13.4. The molecule has 3 saturated heterocycles. The van der Waals surface area contributed by atoms with Gasteiger partial charge in [0, 0.05) is 81.3 Å². The van der Waals surface area contributed by atoms with Crippen molar-refractivity contribution in [1.82, 2.24) is 39.6 Å². The second-order valence-corrected chi connectivity index (χ2v) is 16.8. The Bertz CT molecular complexity index is 2550. The third kappa shape index (κ3) is 6.30. The number of H-pyrrole nitrogens is 1. The lowest BCUT2D eigenvalue weighted by molar-refractivity contribution is -0.135. The lowest BCUT2D eigenvalue weighted by Gasteiger charge is -2.47. The monoisotopic (exact) mass is 804 g/mol. The van der Waals surface area contributed by atoms with E-state index in [2.05, 4.69) is 25.5 Å². The summed E-state index contributed by atoms with van der Waals surface area (Å²) in [7, 11) is 1.59. The fourth-order valence-corrected chi connectivity index (χ4v) is 10.3. The number of imidazole rings is 1. The highest BCUT2D eigenvalue weighted by Crippen LogP contribution is 2.44. The number of halogens is 2. The van der Waals surface area contributed by atoms with Gasteiger partial charge in [0.2, 0.25) is 11.8 Å². The Labute approximate surface area is 338 Å². The number of para-hydroxylation sites is 1. The van der Waals surface area contributed by atoms with Crippen molar-refractivity contribution in [3.63, 3.8) is 0 Å². The Hall–Kier alpha value is -5.90. The minimum Gasteiger partial charge on any atom is -0.369 e. The van der Waals surface area contributed by atoms with E-state index in [0.29, 0.717) is 67.4 Å². The summed E-state index contributed by atoms with van der Waals surface area (Å²) in [6.45, 7) is 2.73. The van der Waals surface area contributed by atoms with Crippen molar-refractivity contribution in [3.8, 4) is 22.8 Å². The summed E-state index contributed by atoms with van der Waals surface area (Å²) in [5.41, 5.74) is 6.12. The standard InChI is InChI=1S/C43H46F2N10O4/c1-51-36-31(5-4-6-32(36)55(41(51)59)33-11-12-35(56)50-40(33)58)54-18-14-34(43(44,45)25-54)53-21-19-52(20-22-53)27-9-7-26(8-10-27)38-46-17-13-29(49-38)30-23-28-37(48-30)42(15-2-3-16-42)24-47-39(28)57/h4-10,13,17,23,33-34,48H,2-3,11-12,14-16,18-22,24-25H2,1H3,(H,47,57)(H,50,56,58)/t33?,34-/m0/s1. The van der Waals surface area contributed by atoms with Crippen LogP contribution in [0.1, 0.15) is 67.0 Å². The van der Waals surface area contributed by atoms with Crippen molar-refractivity contribution < 1.29 is 23.2 Å². The highest BCUT2D eigenvalue weighted by molar-refractivity contribution is 6.01. The molecule has 306 valence electrons. The quantitative estimate of drug-likeness (QED) is 0.213. The summed E-state index contributed by atoms with van der Waals surface area (Å²) >= 11 is 0. The molecule has 16 heteroatoms. The number of imide groups is 1. The van der Waals surface area contributed by atoms with Gasteiger partial charge in [-0.25, -0.2) is 23.5 Å². The second-order valence-electron chi connectivity index (χ2n) is 16.8. The van der Waals surface area contributed by atoms with Gasteiger partial charge in [0.25, 0.3) is 11.8 Å². The molecule has 1 saturated carbocycles. The van der Waals surface area contributed by atoms with Crippen LogP contribution in [0.15, 0.2) is 65.6 Å². The summed E-state index contributed by atoms with van der Waals surface area (Å²) in [5.74, 6) is -3.41. The van der Waals surface area contributed by atoms with Crippen LogP contribution >= 0.6 is 0 Å². The number of piperidine rings is 2. The van der Waals surface area contributed by atoms with Crippen LogP contribution in [0.5, 0.6) is 0 Å². The Balaban J connectivity index is 0.798. The normalized spacial score (nSPS) is 23.1. The highest BCUT2D eigenvalue weighted by atomic mass is 19.3. The molecule has 7 heterocycles. The fourth-order valence-electron chi connectivity index (χ4n) is 10.3. The van der Waals surface area contributed by atoms with Crippen LogP contribution in [0.3, 0.4) is 0 Å². The molecule has 2 aromatic carbocycles. The number of nitrogens with one attached hydrogen (secondary N) is 3. The van der Waals surface area contributed by atoms with Gasteiger partial charge in [0.05, 0.1) is 46.3 Å². The number of nitrogens with zero attached hydrogens (tertiary/aromatic N) is 7. The Kier molecular flexibility index (Phi) is 8.96. The fraction of sp³-hybridized carbons (Fsp3) is 0.442. The summed E-state index contributed by atoms with van der Waals surface area (Å²) in [6, 6.07) is 15.2. The van der Waals surface area contributed by atoms with Crippen molar-refractivity contribution in [2.75, 3.05) is 55.6 Å². The predicted octanol–water partition coefficient (Wildman–Crippen LogP) is 4.36. The number of aromatic nitrogens is 5. The maximum Gasteiger partial charge on any atom is 0.329 e. The number of piperazine rings is 1. The number of aromatic amines is 1. The lowest BCUT2D eigenvalue weighted by Crippen LogP contribution is -2.62. The lowest BCUT2D eigenvalue weighted by atomic mass is 9.78. The van der Waals surface area contributed by atoms with Crippen LogP contribution in [0, 0.1) is 0 Å². The molecular formula is C43H46F2N10O4. The highest BCUT2D eigenvalue weighted by Gasteiger charge is 2.49. The van der Waals surface area contributed by atoms with Gasteiger partial charge >= 0.3 is 5.69 Å². The molecule has 0 radical (unpaired) electrons. The summed E-state index contributed by atoms with van der Waals surface area (Å²) < 4.78 is 35.1. The first-order chi connectivity index (χ1) is 28.5. The maximum atomic E-state index is 16.2. The van der Waals surface area contributed by atoms with Gasteiger partial charge in [-0.1, -0.05) is 18.9 Å². The van der Waals surface area contributed by atoms with Gasteiger partial charge in [-0.15, -0.1) is 0 Å². The van der Waals surface area contributed by atoms with E-state index in [1.807, 2.05) is 41.3 Å². The number of hydrogen-bond acceptors (Lipinski definition) is 9. The SMILES string of the molecule is Cn1c(=O)n(C2CCC(=O)NC2=O)c2cccc(N3CC[C@H](N4CCN(c5ccc(-c6nccc(-c7cc8c([nH]7)C7(CCCC7)CNC8=O)n6)cc5)CC4)C(F)(F)C3)c21. The number of hydrogen-bond donors (Lipinski definition) is 3. The number of amides is 3. The average molecular weight is 805 g/mol. The zero-order chi connectivity index (χ0) is 40.6. The minimum absolute atomic E-state index is 0.0340. The van der Waals surface area contributed by atoms with Crippen molar-refractivity contribution >= 4 is 40.1 Å². The maximum absolute atomic E-state index is 16.2. The van der Waals surface area contributed by atoms with Crippen LogP contribution in [0.25, 0.3) is 33.8 Å². The van der Waals surface area contributed by atoms with Crippen molar-refractivity contribution in [3.05, 3.63) is 82.5 Å². The number of fused-ring (bicyclic) bond motifs is 3. The van der Waals surface area contributed by atoms with E-state index in [-0.39, 0.29) is 36.5 Å². The molecule has 0 bridgehead atoms. The molecule has 10 rings (SSSR count). The van der Waals surface area contributed by atoms with Crippen LogP contribution in [0.2, 0.25) is 0 Å². The molecule has 59 heavy (non-hydrogen) atoms. The van der Waals surface area contributed by atoms with E-state index in [1.54, 1.807) is 36.3 Å².